The summed E-state index contributed by atoms with van der Waals surface area (Å²) in [6.45, 7) is 5.03. The van der Waals surface area contributed by atoms with Crippen LogP contribution in [-0.4, -0.2) is 11.7 Å². The van der Waals surface area contributed by atoms with E-state index in [2.05, 4.69) is 48.5 Å². The van der Waals surface area contributed by atoms with Gasteiger partial charge < -0.3 is 10.6 Å². The lowest BCUT2D eigenvalue weighted by Gasteiger charge is -2.09. The molecule has 0 bridgehead atoms. The molecule has 2 nitrogen and oxygen atoms in total. The summed E-state index contributed by atoms with van der Waals surface area (Å²) in [6, 6.07) is 8.16. The second-order valence-electron chi connectivity index (χ2n) is 4.45. The van der Waals surface area contributed by atoms with Crippen LogP contribution in [0.15, 0.2) is 24.3 Å². The number of thiocarbonyl (C=S) groups is 1. The average Bonchev–Trinajstić information content (AvgIpc) is 2.40. The standard InChI is InChI=1S/C16H22N2S/c1-3-4-5-6-7-8-13-17-16(19)18-15-11-9-14(2)10-12-15/h9-12H,3-5,8,13H2,1-2H3,(H2,17,18,19). The summed E-state index contributed by atoms with van der Waals surface area (Å²) in [4.78, 5) is 0. The molecule has 0 spiro atoms. The fraction of sp³-hybridized carbons (Fsp3) is 0.438. The Kier molecular flexibility index (Phi) is 7.69. The Labute approximate surface area is 122 Å². The number of hydrogen-bond acceptors (Lipinski definition) is 1. The molecular weight excluding hydrogens is 252 g/mol. The van der Waals surface area contributed by atoms with Gasteiger partial charge in [-0.2, -0.15) is 0 Å². The topological polar surface area (TPSA) is 24.1 Å². The molecule has 2 N–H and O–H groups in total. The minimum Gasteiger partial charge on any atom is -0.361 e. The normalized spacial score (nSPS) is 9.37. The monoisotopic (exact) mass is 274 g/mol. The zero-order valence-electron chi connectivity index (χ0n) is 11.8. The van der Waals surface area contributed by atoms with Crippen molar-refractivity contribution in [1.82, 2.24) is 5.32 Å². The van der Waals surface area contributed by atoms with Crippen LogP contribution in [0.5, 0.6) is 0 Å². The maximum Gasteiger partial charge on any atom is 0.170 e. The van der Waals surface area contributed by atoms with Gasteiger partial charge in [0.05, 0.1) is 0 Å². The van der Waals surface area contributed by atoms with Gasteiger partial charge in [0, 0.05) is 25.1 Å². The van der Waals surface area contributed by atoms with Crippen LogP contribution in [0.4, 0.5) is 5.69 Å². The summed E-state index contributed by atoms with van der Waals surface area (Å²) >= 11 is 5.22. The molecule has 0 amide bonds. The molecule has 0 aliphatic heterocycles. The lowest BCUT2D eigenvalue weighted by Crippen LogP contribution is -2.29. The van der Waals surface area contributed by atoms with Crippen LogP contribution in [0, 0.1) is 18.8 Å². The van der Waals surface area contributed by atoms with Crippen molar-refractivity contribution in [1.29, 1.82) is 0 Å². The van der Waals surface area contributed by atoms with Gasteiger partial charge in [0.1, 0.15) is 0 Å². The van der Waals surface area contributed by atoms with Crippen LogP contribution >= 0.6 is 12.2 Å². The zero-order valence-corrected chi connectivity index (χ0v) is 12.6. The van der Waals surface area contributed by atoms with Crippen LogP contribution in [0.25, 0.3) is 0 Å². The Morgan fingerprint density at radius 2 is 1.84 bits per heavy atom. The molecule has 19 heavy (non-hydrogen) atoms. The van der Waals surface area contributed by atoms with Crippen molar-refractivity contribution in [3.05, 3.63) is 29.8 Å². The second-order valence-corrected chi connectivity index (χ2v) is 4.86. The third-order valence-electron chi connectivity index (χ3n) is 2.63. The first-order chi connectivity index (χ1) is 9.22. The van der Waals surface area contributed by atoms with E-state index in [4.69, 9.17) is 12.2 Å². The number of unbranched alkanes of at least 4 members (excludes halogenated alkanes) is 2. The Morgan fingerprint density at radius 1 is 1.16 bits per heavy atom. The van der Waals surface area contributed by atoms with Gasteiger partial charge in [-0.05, 0) is 37.7 Å². The van der Waals surface area contributed by atoms with Crippen LogP contribution in [-0.2, 0) is 0 Å². The minimum absolute atomic E-state index is 0.652. The molecule has 0 aromatic heterocycles. The molecule has 0 saturated heterocycles. The van der Waals surface area contributed by atoms with Crippen LogP contribution < -0.4 is 10.6 Å². The Balaban J connectivity index is 2.17. The van der Waals surface area contributed by atoms with Crippen molar-refractivity contribution in [3.8, 4) is 11.8 Å². The molecule has 0 heterocycles. The van der Waals surface area contributed by atoms with Crippen molar-refractivity contribution in [2.24, 2.45) is 0 Å². The first-order valence-electron chi connectivity index (χ1n) is 6.79. The van der Waals surface area contributed by atoms with Gasteiger partial charge >= 0.3 is 0 Å². The fourth-order valence-corrected chi connectivity index (χ4v) is 1.71. The molecule has 0 aliphatic rings. The highest BCUT2D eigenvalue weighted by Gasteiger charge is 1.95. The largest absolute Gasteiger partial charge is 0.361 e. The molecule has 0 atom stereocenters. The van der Waals surface area contributed by atoms with Gasteiger partial charge in [-0.25, -0.2) is 0 Å². The summed E-state index contributed by atoms with van der Waals surface area (Å²) in [5, 5.41) is 6.96. The summed E-state index contributed by atoms with van der Waals surface area (Å²) < 4.78 is 0. The van der Waals surface area contributed by atoms with Gasteiger partial charge in [-0.3, -0.25) is 0 Å². The van der Waals surface area contributed by atoms with E-state index >= 15 is 0 Å². The van der Waals surface area contributed by atoms with E-state index in [0.29, 0.717) is 5.11 Å². The molecule has 0 fully saturated rings. The van der Waals surface area contributed by atoms with E-state index in [1.807, 2.05) is 12.1 Å². The lowest BCUT2D eigenvalue weighted by atomic mass is 10.2. The van der Waals surface area contributed by atoms with Crippen molar-refractivity contribution in [3.63, 3.8) is 0 Å². The number of benzene rings is 1. The molecule has 102 valence electrons. The molecular formula is C16H22N2S. The Hall–Kier alpha value is -1.53. The van der Waals surface area contributed by atoms with Crippen molar-refractivity contribution < 1.29 is 0 Å². The molecule has 0 saturated carbocycles. The van der Waals surface area contributed by atoms with Crippen molar-refractivity contribution >= 4 is 23.0 Å². The molecule has 0 aliphatic carbocycles. The van der Waals surface area contributed by atoms with E-state index in [1.54, 1.807) is 0 Å². The van der Waals surface area contributed by atoms with Gasteiger partial charge in [-0.1, -0.05) is 31.0 Å². The molecule has 0 unspecified atom stereocenters. The van der Waals surface area contributed by atoms with Crippen molar-refractivity contribution in [2.75, 3.05) is 11.9 Å². The number of rotatable bonds is 5. The van der Waals surface area contributed by atoms with Gasteiger partial charge in [0.2, 0.25) is 0 Å². The summed E-state index contributed by atoms with van der Waals surface area (Å²) in [6.07, 6.45) is 4.23. The highest BCUT2D eigenvalue weighted by atomic mass is 32.1. The highest BCUT2D eigenvalue weighted by Crippen LogP contribution is 2.07. The van der Waals surface area contributed by atoms with Gasteiger partial charge in [0.15, 0.2) is 5.11 Å². The lowest BCUT2D eigenvalue weighted by molar-refractivity contribution is 0.826. The third kappa shape index (κ3) is 7.48. The first-order valence-corrected chi connectivity index (χ1v) is 7.20. The molecule has 3 heteroatoms. The molecule has 1 aromatic rings. The summed E-state index contributed by atoms with van der Waals surface area (Å²) in [7, 11) is 0. The maximum atomic E-state index is 5.22. The van der Waals surface area contributed by atoms with E-state index < -0.39 is 0 Å². The number of anilines is 1. The van der Waals surface area contributed by atoms with E-state index in [-0.39, 0.29) is 0 Å². The Morgan fingerprint density at radius 3 is 2.53 bits per heavy atom. The summed E-state index contributed by atoms with van der Waals surface area (Å²) in [5.41, 5.74) is 2.25. The number of nitrogens with one attached hydrogen (secondary N) is 2. The second kappa shape index (κ2) is 9.41. The predicted octanol–water partition coefficient (Wildman–Crippen LogP) is 3.87. The summed E-state index contributed by atoms with van der Waals surface area (Å²) in [5.74, 6) is 6.31. The number of aryl methyl sites for hydroxylation is 1. The maximum absolute atomic E-state index is 5.22. The van der Waals surface area contributed by atoms with E-state index in [0.717, 1.165) is 25.1 Å². The smallest absolute Gasteiger partial charge is 0.170 e. The molecule has 0 radical (unpaired) electrons. The predicted molar refractivity (Wildman–Crippen MR) is 87.3 cm³/mol. The average molecular weight is 274 g/mol. The quantitative estimate of drug-likeness (QED) is 0.484. The van der Waals surface area contributed by atoms with Crippen LogP contribution in [0.2, 0.25) is 0 Å². The van der Waals surface area contributed by atoms with Crippen LogP contribution in [0.1, 0.15) is 38.2 Å². The highest BCUT2D eigenvalue weighted by molar-refractivity contribution is 7.80. The van der Waals surface area contributed by atoms with E-state index in [1.165, 1.54) is 18.4 Å². The molecule has 1 rings (SSSR count). The Bertz CT molecular complexity index is 440. The number of hydrogen-bond donors (Lipinski definition) is 2. The van der Waals surface area contributed by atoms with E-state index in [9.17, 15) is 0 Å². The van der Waals surface area contributed by atoms with Crippen molar-refractivity contribution in [2.45, 2.75) is 39.5 Å². The third-order valence-corrected chi connectivity index (χ3v) is 2.87. The van der Waals surface area contributed by atoms with Gasteiger partial charge in [0.25, 0.3) is 0 Å². The van der Waals surface area contributed by atoms with Gasteiger partial charge in [-0.15, -0.1) is 11.8 Å². The first kappa shape index (κ1) is 15.5. The zero-order chi connectivity index (χ0) is 13.9. The van der Waals surface area contributed by atoms with Crippen LogP contribution in [0.3, 0.4) is 0 Å². The SMILES string of the molecule is CCCCC#CCCNC(=S)Nc1ccc(C)cc1. The molecule has 1 aromatic carbocycles. The minimum atomic E-state index is 0.652. The fourth-order valence-electron chi connectivity index (χ4n) is 1.49.